The standard InChI is InChI=1S/C28H25F3N4O6/c29-18-9-14(10-19(30)23(18)31)20-11-35(34-33-20)24-25(37)21(12-36)41-28(26(24)38)17(7-8-40-28)16-6-5-13-3-1-2-4-15(13)22(16)27(32)39/h1-6,9-11,17,21,24-26,36-38H,7-8,12H2,(H2,32,39)/t17-,21-,24+,25+,26-,28+/m1/s1. The molecule has 4 aromatic rings. The van der Waals surface area contributed by atoms with Gasteiger partial charge in [-0.2, -0.15) is 0 Å². The summed E-state index contributed by atoms with van der Waals surface area (Å²) in [5, 5.41) is 42.2. The summed E-state index contributed by atoms with van der Waals surface area (Å²) in [6.45, 7) is -0.566. The molecular weight excluding hydrogens is 545 g/mol. The molecule has 2 aliphatic rings. The van der Waals surface area contributed by atoms with Crippen molar-refractivity contribution in [3.8, 4) is 11.3 Å². The van der Waals surface area contributed by atoms with Crippen LogP contribution in [0.4, 0.5) is 13.2 Å². The lowest BCUT2D eigenvalue weighted by Crippen LogP contribution is -2.64. The molecule has 0 bridgehead atoms. The van der Waals surface area contributed by atoms with Gasteiger partial charge in [0.2, 0.25) is 11.7 Å². The number of rotatable bonds is 5. The monoisotopic (exact) mass is 570 g/mol. The van der Waals surface area contributed by atoms with Gasteiger partial charge < -0.3 is 30.5 Å². The topological polar surface area (TPSA) is 153 Å². The van der Waals surface area contributed by atoms with E-state index in [1.54, 1.807) is 24.3 Å². The Morgan fingerprint density at radius 2 is 1.85 bits per heavy atom. The van der Waals surface area contributed by atoms with Gasteiger partial charge >= 0.3 is 0 Å². The lowest BCUT2D eigenvalue weighted by Gasteiger charge is -2.50. The minimum absolute atomic E-state index is 0.0716. The fourth-order valence-electron chi connectivity index (χ4n) is 6.00. The number of amides is 1. The number of nitrogens with zero attached hydrogens (tertiary/aromatic N) is 3. The van der Waals surface area contributed by atoms with Gasteiger partial charge in [-0.1, -0.05) is 41.6 Å². The summed E-state index contributed by atoms with van der Waals surface area (Å²) in [6, 6.07) is 10.8. The Labute approximate surface area is 230 Å². The Hall–Kier alpha value is -3.88. The van der Waals surface area contributed by atoms with Crippen LogP contribution in [0, 0.1) is 17.5 Å². The molecule has 214 valence electrons. The SMILES string of the molecule is NC(=O)c1c([C@H]2CCO[C@]23O[C@H](CO)[C@H](O)[C@H](n2cc(-c4cc(F)c(F)c(F)c4)nn2)[C@H]3O)ccc2ccccc12. The van der Waals surface area contributed by atoms with E-state index in [2.05, 4.69) is 10.3 Å². The lowest BCUT2D eigenvalue weighted by molar-refractivity contribution is -0.344. The second-order valence-electron chi connectivity index (χ2n) is 10.1. The van der Waals surface area contributed by atoms with E-state index in [1.807, 2.05) is 12.1 Å². The van der Waals surface area contributed by atoms with Crippen molar-refractivity contribution < 1.29 is 42.8 Å². The number of aromatic nitrogens is 3. The molecule has 1 spiro atoms. The molecule has 13 heteroatoms. The van der Waals surface area contributed by atoms with Crippen LogP contribution in [0.15, 0.2) is 54.7 Å². The third kappa shape index (κ3) is 4.28. The molecule has 3 heterocycles. The normalized spacial score (nSPS) is 28.0. The number of carbonyl (C=O) groups is 1. The van der Waals surface area contributed by atoms with E-state index >= 15 is 0 Å². The van der Waals surface area contributed by atoms with Crippen LogP contribution in [0.1, 0.15) is 34.3 Å². The first-order valence-electron chi connectivity index (χ1n) is 12.8. The molecular formula is C28H25F3N4O6. The molecule has 1 amide bonds. The fraction of sp³-hybridized carbons (Fsp3) is 0.321. The van der Waals surface area contributed by atoms with Crippen molar-refractivity contribution in [1.29, 1.82) is 0 Å². The quantitative estimate of drug-likeness (QED) is 0.267. The third-order valence-corrected chi connectivity index (χ3v) is 7.88. The van der Waals surface area contributed by atoms with Crippen LogP contribution in [0.5, 0.6) is 0 Å². The van der Waals surface area contributed by atoms with Crippen molar-refractivity contribution in [2.75, 3.05) is 13.2 Å². The minimum Gasteiger partial charge on any atom is -0.394 e. The van der Waals surface area contributed by atoms with Crippen LogP contribution in [0.25, 0.3) is 22.0 Å². The van der Waals surface area contributed by atoms with Gasteiger partial charge in [-0.15, -0.1) is 5.10 Å². The average molecular weight is 571 g/mol. The Kier molecular flexibility index (Phi) is 6.78. The van der Waals surface area contributed by atoms with Crippen molar-refractivity contribution in [3.05, 3.63) is 83.3 Å². The second kappa shape index (κ2) is 10.2. The van der Waals surface area contributed by atoms with Crippen LogP contribution in [-0.4, -0.2) is 73.5 Å². The van der Waals surface area contributed by atoms with Gasteiger partial charge in [0.15, 0.2) is 17.5 Å². The van der Waals surface area contributed by atoms with E-state index in [9.17, 15) is 33.3 Å². The predicted molar refractivity (Wildman–Crippen MR) is 137 cm³/mol. The van der Waals surface area contributed by atoms with Crippen molar-refractivity contribution in [3.63, 3.8) is 0 Å². The highest BCUT2D eigenvalue weighted by Crippen LogP contribution is 2.51. The lowest BCUT2D eigenvalue weighted by atomic mass is 9.77. The summed E-state index contributed by atoms with van der Waals surface area (Å²) < 4.78 is 54.4. The zero-order valence-corrected chi connectivity index (χ0v) is 21.3. The molecule has 6 atom stereocenters. The highest BCUT2D eigenvalue weighted by molar-refractivity contribution is 6.07. The Morgan fingerprint density at radius 1 is 1.12 bits per heavy atom. The van der Waals surface area contributed by atoms with Crippen molar-refractivity contribution in [1.82, 2.24) is 15.0 Å². The molecule has 2 saturated heterocycles. The number of carbonyl (C=O) groups excluding carboxylic acids is 1. The Bertz CT molecular complexity index is 1630. The van der Waals surface area contributed by atoms with Gasteiger partial charge in [-0.05, 0) is 34.9 Å². The zero-order valence-electron chi connectivity index (χ0n) is 21.3. The van der Waals surface area contributed by atoms with E-state index < -0.39 is 66.0 Å². The average Bonchev–Trinajstić information content (AvgIpc) is 3.61. The number of halogens is 3. The van der Waals surface area contributed by atoms with Gasteiger partial charge in [-0.3, -0.25) is 4.79 Å². The number of aliphatic hydroxyl groups excluding tert-OH is 3. The van der Waals surface area contributed by atoms with Crippen LogP contribution in [0.2, 0.25) is 0 Å². The molecule has 2 aliphatic heterocycles. The molecule has 1 aromatic heterocycles. The van der Waals surface area contributed by atoms with E-state index in [-0.39, 0.29) is 23.4 Å². The summed E-state index contributed by atoms with van der Waals surface area (Å²) in [5.41, 5.74) is 6.30. The number of aliphatic hydroxyl groups is 3. The molecule has 5 N–H and O–H groups in total. The number of fused-ring (bicyclic) bond motifs is 1. The van der Waals surface area contributed by atoms with Crippen molar-refractivity contribution in [2.24, 2.45) is 5.73 Å². The van der Waals surface area contributed by atoms with E-state index in [4.69, 9.17) is 15.2 Å². The van der Waals surface area contributed by atoms with Crippen molar-refractivity contribution >= 4 is 16.7 Å². The second-order valence-corrected chi connectivity index (χ2v) is 10.1. The van der Waals surface area contributed by atoms with Crippen LogP contribution in [-0.2, 0) is 9.47 Å². The third-order valence-electron chi connectivity index (χ3n) is 7.88. The van der Waals surface area contributed by atoms with Crippen LogP contribution < -0.4 is 5.73 Å². The first-order valence-corrected chi connectivity index (χ1v) is 12.8. The van der Waals surface area contributed by atoms with Gasteiger partial charge in [0.05, 0.1) is 25.0 Å². The predicted octanol–water partition coefficient (Wildman–Crippen LogP) is 2.17. The maximum absolute atomic E-state index is 13.9. The summed E-state index contributed by atoms with van der Waals surface area (Å²) in [4.78, 5) is 12.7. The first-order chi connectivity index (χ1) is 19.7. The molecule has 2 fully saturated rings. The first kappa shape index (κ1) is 27.3. The number of hydrogen-bond acceptors (Lipinski definition) is 8. The van der Waals surface area contributed by atoms with E-state index in [1.165, 1.54) is 6.20 Å². The smallest absolute Gasteiger partial charge is 0.249 e. The van der Waals surface area contributed by atoms with Gasteiger partial charge in [0.25, 0.3) is 0 Å². The van der Waals surface area contributed by atoms with Gasteiger partial charge in [0, 0.05) is 11.5 Å². The molecule has 0 radical (unpaired) electrons. The number of nitrogens with two attached hydrogens (primary N) is 1. The van der Waals surface area contributed by atoms with Crippen LogP contribution in [0.3, 0.4) is 0 Å². The molecule has 6 rings (SSSR count). The maximum atomic E-state index is 13.9. The number of benzene rings is 3. The van der Waals surface area contributed by atoms with Gasteiger partial charge in [-0.25, -0.2) is 17.9 Å². The fourth-order valence-corrected chi connectivity index (χ4v) is 6.00. The summed E-state index contributed by atoms with van der Waals surface area (Å²) in [5.74, 6) is -7.82. The van der Waals surface area contributed by atoms with Gasteiger partial charge in [0.1, 0.15) is 30.0 Å². The number of primary amides is 1. The van der Waals surface area contributed by atoms with E-state index in [0.29, 0.717) is 17.4 Å². The number of ether oxygens (including phenoxy) is 2. The highest BCUT2D eigenvalue weighted by Gasteiger charge is 2.62. The summed E-state index contributed by atoms with van der Waals surface area (Å²) in [6.07, 6.45) is -2.93. The Balaban J connectivity index is 1.44. The maximum Gasteiger partial charge on any atom is 0.249 e. The highest BCUT2D eigenvalue weighted by atomic mass is 19.2. The largest absolute Gasteiger partial charge is 0.394 e. The Morgan fingerprint density at radius 3 is 2.56 bits per heavy atom. The van der Waals surface area contributed by atoms with Crippen molar-refractivity contribution in [2.45, 2.75) is 42.5 Å². The molecule has 0 unspecified atom stereocenters. The summed E-state index contributed by atoms with van der Waals surface area (Å²) in [7, 11) is 0. The summed E-state index contributed by atoms with van der Waals surface area (Å²) >= 11 is 0. The number of hydrogen-bond donors (Lipinski definition) is 4. The molecule has 0 aliphatic carbocycles. The molecule has 3 aromatic carbocycles. The van der Waals surface area contributed by atoms with E-state index in [0.717, 1.165) is 22.2 Å². The zero-order chi connectivity index (χ0) is 29.1. The minimum atomic E-state index is -1.86. The molecule has 41 heavy (non-hydrogen) atoms. The molecule has 10 nitrogen and oxygen atoms in total. The van der Waals surface area contributed by atoms with Crippen LogP contribution >= 0.6 is 0 Å². The molecule has 0 saturated carbocycles.